The van der Waals surface area contributed by atoms with Crippen molar-refractivity contribution in [1.82, 2.24) is 10.8 Å². The van der Waals surface area contributed by atoms with Crippen molar-refractivity contribution in [2.75, 3.05) is 18.4 Å². The first-order valence-electron chi connectivity index (χ1n) is 8.50. The van der Waals surface area contributed by atoms with Crippen LogP contribution in [0.1, 0.15) is 33.8 Å². The van der Waals surface area contributed by atoms with Gasteiger partial charge in [0, 0.05) is 36.3 Å². The van der Waals surface area contributed by atoms with Crippen LogP contribution >= 0.6 is 0 Å². The summed E-state index contributed by atoms with van der Waals surface area (Å²) in [6.45, 7) is 1.51. The summed E-state index contributed by atoms with van der Waals surface area (Å²) in [6, 6.07) is 15.2. The largest absolute Gasteiger partial charge is 0.384 e. The summed E-state index contributed by atoms with van der Waals surface area (Å²) >= 11 is 0. The number of hydrogen-bond acceptors (Lipinski definition) is 4. The zero-order chi connectivity index (χ0) is 18.4. The Bertz CT molecular complexity index is 815. The molecule has 0 spiro atoms. The molecule has 2 amide bonds. The topological polar surface area (TPSA) is 90.5 Å². The lowest BCUT2D eigenvalue weighted by Gasteiger charge is -2.11. The monoisotopic (exact) mass is 351 g/mol. The molecule has 1 heterocycles. The Kier molecular flexibility index (Phi) is 5.66. The highest BCUT2D eigenvalue weighted by Crippen LogP contribution is 2.32. The second-order valence-corrected chi connectivity index (χ2v) is 6.14. The molecule has 0 aliphatic carbocycles. The summed E-state index contributed by atoms with van der Waals surface area (Å²) in [5.41, 5.74) is 5.35. The fraction of sp³-hybridized carbons (Fsp3) is 0.200. The van der Waals surface area contributed by atoms with Gasteiger partial charge in [0.15, 0.2) is 0 Å². The number of carbonyl (C=O) groups is 2. The van der Waals surface area contributed by atoms with E-state index in [2.05, 4.69) is 22.8 Å². The van der Waals surface area contributed by atoms with Crippen molar-refractivity contribution < 1.29 is 14.8 Å². The molecule has 1 aliphatic heterocycles. The minimum atomic E-state index is -0.602. The predicted molar refractivity (Wildman–Crippen MR) is 100 cm³/mol. The van der Waals surface area contributed by atoms with Gasteiger partial charge in [-0.15, -0.1) is 0 Å². The van der Waals surface area contributed by atoms with E-state index >= 15 is 0 Å². The van der Waals surface area contributed by atoms with Crippen LogP contribution < -0.4 is 16.1 Å². The molecule has 0 fully saturated rings. The van der Waals surface area contributed by atoms with E-state index in [4.69, 9.17) is 5.21 Å². The number of para-hydroxylation sites is 1. The summed E-state index contributed by atoms with van der Waals surface area (Å²) in [4.78, 5) is 23.2. The molecule has 0 saturated carbocycles. The lowest BCUT2D eigenvalue weighted by atomic mass is 9.98. The second kappa shape index (κ2) is 8.31. The van der Waals surface area contributed by atoms with Crippen molar-refractivity contribution in [3.8, 4) is 0 Å². The van der Waals surface area contributed by atoms with E-state index in [-0.39, 0.29) is 5.91 Å². The van der Waals surface area contributed by atoms with Crippen molar-refractivity contribution in [2.24, 2.45) is 0 Å². The van der Waals surface area contributed by atoms with Crippen LogP contribution in [0, 0.1) is 0 Å². The number of hydroxylamine groups is 1. The highest BCUT2D eigenvalue weighted by Gasteiger charge is 2.21. The third kappa shape index (κ3) is 4.29. The van der Waals surface area contributed by atoms with Crippen LogP contribution in [0.5, 0.6) is 0 Å². The fourth-order valence-corrected chi connectivity index (χ4v) is 3.03. The van der Waals surface area contributed by atoms with Crippen LogP contribution in [-0.2, 0) is 4.79 Å². The van der Waals surface area contributed by atoms with Crippen molar-refractivity contribution in [1.29, 1.82) is 0 Å². The average molecular weight is 351 g/mol. The molecule has 0 aromatic heterocycles. The molecule has 0 bridgehead atoms. The first-order valence-corrected chi connectivity index (χ1v) is 8.50. The van der Waals surface area contributed by atoms with Gasteiger partial charge in [0.25, 0.3) is 11.8 Å². The molecule has 6 heteroatoms. The molecule has 0 saturated heterocycles. The molecule has 2 aromatic rings. The number of anilines is 1. The number of fused-ring (bicyclic) bond motifs is 1. The maximum Gasteiger partial charge on any atom is 0.267 e. The molecule has 6 nitrogen and oxygen atoms in total. The first-order chi connectivity index (χ1) is 12.7. The van der Waals surface area contributed by atoms with Gasteiger partial charge in [-0.1, -0.05) is 30.3 Å². The maximum atomic E-state index is 12.2. The average Bonchev–Trinajstić information content (AvgIpc) is 3.09. The van der Waals surface area contributed by atoms with Gasteiger partial charge >= 0.3 is 0 Å². The molecule has 1 unspecified atom stereocenters. The van der Waals surface area contributed by atoms with Gasteiger partial charge < -0.3 is 10.6 Å². The number of benzene rings is 2. The molecular formula is C20H21N3O3. The van der Waals surface area contributed by atoms with E-state index in [1.54, 1.807) is 30.3 Å². The van der Waals surface area contributed by atoms with Crippen molar-refractivity contribution >= 4 is 23.6 Å². The first kappa shape index (κ1) is 17.7. The quantitative estimate of drug-likeness (QED) is 0.366. The van der Waals surface area contributed by atoms with E-state index in [9.17, 15) is 9.59 Å². The Morgan fingerprint density at radius 3 is 2.69 bits per heavy atom. The van der Waals surface area contributed by atoms with Crippen LogP contribution in [0.3, 0.4) is 0 Å². The van der Waals surface area contributed by atoms with Crippen molar-refractivity contribution in [2.45, 2.75) is 12.3 Å². The standard InChI is InChI=1S/C20H21N3O3/c24-19(23-26)10-7-14-5-8-15(9-6-14)20(25)21-12-11-16-13-22-18-4-2-1-3-17(16)18/h1-10,16,22,26H,11-13H2,(H,21,25)(H,23,24)/b10-7+. The number of nitrogens with one attached hydrogen (secondary N) is 3. The summed E-state index contributed by atoms with van der Waals surface area (Å²) < 4.78 is 0. The van der Waals surface area contributed by atoms with Crippen LogP contribution in [0.15, 0.2) is 54.6 Å². The highest BCUT2D eigenvalue weighted by atomic mass is 16.5. The molecule has 3 rings (SSSR count). The Hall–Kier alpha value is -3.12. The van der Waals surface area contributed by atoms with Gasteiger partial charge in [-0.3, -0.25) is 14.8 Å². The van der Waals surface area contributed by atoms with Gasteiger partial charge in [-0.2, -0.15) is 0 Å². The molecule has 2 aromatic carbocycles. The smallest absolute Gasteiger partial charge is 0.267 e. The zero-order valence-corrected chi connectivity index (χ0v) is 14.2. The van der Waals surface area contributed by atoms with Gasteiger partial charge in [-0.05, 0) is 41.8 Å². The second-order valence-electron chi connectivity index (χ2n) is 6.14. The maximum absolute atomic E-state index is 12.2. The van der Waals surface area contributed by atoms with Gasteiger partial charge in [-0.25, -0.2) is 5.48 Å². The third-order valence-electron chi connectivity index (χ3n) is 4.43. The summed E-state index contributed by atoms with van der Waals surface area (Å²) in [5, 5.41) is 14.8. The molecule has 26 heavy (non-hydrogen) atoms. The SMILES string of the molecule is O=C(/C=C/c1ccc(C(=O)NCCC2CNc3ccccc32)cc1)NO. The van der Waals surface area contributed by atoms with Crippen LogP contribution in [0.25, 0.3) is 6.08 Å². The van der Waals surface area contributed by atoms with Gasteiger partial charge in [0.1, 0.15) is 0 Å². The Labute approximate surface area is 151 Å². The van der Waals surface area contributed by atoms with Gasteiger partial charge in [0.05, 0.1) is 0 Å². The summed E-state index contributed by atoms with van der Waals surface area (Å²) in [7, 11) is 0. The zero-order valence-electron chi connectivity index (χ0n) is 14.2. The summed E-state index contributed by atoms with van der Waals surface area (Å²) in [5.74, 6) is -0.306. The summed E-state index contributed by atoms with van der Waals surface area (Å²) in [6.07, 6.45) is 3.65. The minimum Gasteiger partial charge on any atom is -0.384 e. The predicted octanol–water partition coefficient (Wildman–Crippen LogP) is 2.53. The van der Waals surface area contributed by atoms with E-state index in [0.29, 0.717) is 18.0 Å². The highest BCUT2D eigenvalue weighted by molar-refractivity contribution is 5.94. The third-order valence-corrected chi connectivity index (χ3v) is 4.43. The number of amides is 2. The number of rotatable bonds is 6. The molecule has 4 N–H and O–H groups in total. The lowest BCUT2D eigenvalue weighted by Crippen LogP contribution is -2.25. The molecule has 134 valence electrons. The van der Waals surface area contributed by atoms with E-state index in [1.807, 2.05) is 12.1 Å². The number of hydrogen-bond donors (Lipinski definition) is 4. The van der Waals surface area contributed by atoms with E-state index in [0.717, 1.165) is 18.5 Å². The van der Waals surface area contributed by atoms with Crippen LogP contribution in [0.2, 0.25) is 0 Å². The lowest BCUT2D eigenvalue weighted by molar-refractivity contribution is -0.124. The van der Waals surface area contributed by atoms with E-state index in [1.165, 1.54) is 22.8 Å². The fourth-order valence-electron chi connectivity index (χ4n) is 3.03. The Morgan fingerprint density at radius 2 is 1.92 bits per heavy atom. The Morgan fingerprint density at radius 1 is 1.15 bits per heavy atom. The normalized spacial score (nSPS) is 15.3. The molecule has 1 atom stereocenters. The van der Waals surface area contributed by atoms with Crippen molar-refractivity contribution in [3.05, 3.63) is 71.3 Å². The van der Waals surface area contributed by atoms with Crippen LogP contribution in [0.4, 0.5) is 5.69 Å². The minimum absolute atomic E-state index is 0.118. The molecule has 1 aliphatic rings. The Balaban J connectivity index is 1.49. The van der Waals surface area contributed by atoms with Crippen LogP contribution in [-0.4, -0.2) is 30.1 Å². The number of carbonyl (C=O) groups excluding carboxylic acids is 2. The molecule has 0 radical (unpaired) electrons. The van der Waals surface area contributed by atoms with Crippen molar-refractivity contribution in [3.63, 3.8) is 0 Å². The molecular weight excluding hydrogens is 330 g/mol. The van der Waals surface area contributed by atoms with E-state index < -0.39 is 5.91 Å². The van der Waals surface area contributed by atoms with Gasteiger partial charge in [0.2, 0.25) is 0 Å².